The highest BCUT2D eigenvalue weighted by Crippen LogP contribution is 2.74. The Morgan fingerprint density at radius 2 is 1.76 bits per heavy atom. The van der Waals surface area contributed by atoms with Gasteiger partial charge < -0.3 is 5.11 Å². The van der Waals surface area contributed by atoms with Crippen LogP contribution in [0.2, 0.25) is 0 Å². The average Bonchev–Trinajstić information content (AvgIpc) is 3.04. The van der Waals surface area contributed by atoms with Gasteiger partial charge in [-0.3, -0.25) is 0 Å². The van der Waals surface area contributed by atoms with Crippen LogP contribution in [-0.4, -0.2) is 11.2 Å². The second-order valence-corrected chi connectivity index (χ2v) is 14.4. The number of allylic oxidation sites excluding steroid dienone is 3. The Kier molecular flexibility index (Phi) is 6.83. The molecule has 3 saturated carbocycles. The van der Waals surface area contributed by atoms with E-state index in [1.807, 2.05) is 5.57 Å². The summed E-state index contributed by atoms with van der Waals surface area (Å²) in [7, 11) is 0. The van der Waals surface area contributed by atoms with Crippen LogP contribution in [0.15, 0.2) is 24.3 Å². The molecule has 0 bridgehead atoms. The second-order valence-electron chi connectivity index (χ2n) is 14.4. The average molecular weight is 455 g/mol. The molecule has 8 atom stereocenters. The molecule has 4 rings (SSSR count). The maximum atomic E-state index is 10.9. The predicted molar refractivity (Wildman–Crippen MR) is 142 cm³/mol. The van der Waals surface area contributed by atoms with Crippen molar-refractivity contribution >= 4 is 0 Å². The van der Waals surface area contributed by atoms with Crippen molar-refractivity contribution in [1.82, 2.24) is 0 Å². The van der Waals surface area contributed by atoms with Crippen LogP contribution < -0.4 is 0 Å². The van der Waals surface area contributed by atoms with Crippen molar-refractivity contribution in [2.45, 2.75) is 125 Å². The Bertz CT molecular complexity index is 760. The van der Waals surface area contributed by atoms with Gasteiger partial charge in [0, 0.05) is 5.41 Å². The van der Waals surface area contributed by atoms with Crippen molar-refractivity contribution in [2.24, 2.45) is 51.2 Å². The lowest BCUT2D eigenvalue weighted by atomic mass is 9.40. The molecule has 0 aromatic carbocycles. The third-order valence-corrected chi connectivity index (χ3v) is 12.2. The molecule has 1 N–H and O–H groups in total. The maximum Gasteiger partial charge on any atom is 0.0594 e. The van der Waals surface area contributed by atoms with E-state index in [0.717, 1.165) is 37.0 Å². The summed E-state index contributed by atoms with van der Waals surface area (Å²) in [6.07, 6.45) is 19.0. The third-order valence-electron chi connectivity index (χ3n) is 12.2. The molecule has 0 saturated heterocycles. The fourth-order valence-corrected chi connectivity index (χ4v) is 10.2. The molecule has 0 aromatic heterocycles. The lowest BCUT2D eigenvalue weighted by molar-refractivity contribution is -0.132. The zero-order chi connectivity index (χ0) is 24.2. The molecule has 0 radical (unpaired) electrons. The van der Waals surface area contributed by atoms with E-state index in [2.05, 4.69) is 67.2 Å². The predicted octanol–water partition coefficient (Wildman–Crippen LogP) is 8.97. The molecule has 33 heavy (non-hydrogen) atoms. The lowest BCUT2D eigenvalue weighted by Gasteiger charge is -2.65. The van der Waals surface area contributed by atoms with Crippen molar-refractivity contribution in [3.05, 3.63) is 24.3 Å². The van der Waals surface area contributed by atoms with E-state index >= 15 is 0 Å². The molecule has 1 nitrogen and oxygen atoms in total. The molecule has 4 aliphatic rings. The van der Waals surface area contributed by atoms with Crippen molar-refractivity contribution in [3.63, 3.8) is 0 Å². The Morgan fingerprint density at radius 1 is 1.03 bits per heavy atom. The van der Waals surface area contributed by atoms with Gasteiger partial charge in [-0.2, -0.15) is 0 Å². The van der Waals surface area contributed by atoms with Crippen LogP contribution in [0.25, 0.3) is 0 Å². The summed E-state index contributed by atoms with van der Waals surface area (Å²) in [5, 5.41) is 10.9. The van der Waals surface area contributed by atoms with Gasteiger partial charge in [0.1, 0.15) is 0 Å². The van der Waals surface area contributed by atoms with Crippen LogP contribution in [0.4, 0.5) is 0 Å². The maximum absolute atomic E-state index is 10.9. The van der Waals surface area contributed by atoms with E-state index in [-0.39, 0.29) is 11.5 Å². The van der Waals surface area contributed by atoms with Gasteiger partial charge in [-0.1, -0.05) is 85.5 Å². The molecular formula is C32H54O. The van der Waals surface area contributed by atoms with Crippen LogP contribution in [0.5, 0.6) is 0 Å². The van der Waals surface area contributed by atoms with E-state index in [1.54, 1.807) is 0 Å². The number of hydrogen-bond donors (Lipinski definition) is 1. The van der Waals surface area contributed by atoms with E-state index in [0.29, 0.717) is 28.1 Å². The summed E-state index contributed by atoms with van der Waals surface area (Å²) < 4.78 is 0. The molecule has 0 amide bonds. The second kappa shape index (κ2) is 8.83. The minimum Gasteiger partial charge on any atom is -0.393 e. The fourth-order valence-electron chi connectivity index (χ4n) is 10.2. The van der Waals surface area contributed by atoms with Crippen molar-refractivity contribution in [1.29, 1.82) is 0 Å². The zero-order valence-corrected chi connectivity index (χ0v) is 23.1. The van der Waals surface area contributed by atoms with E-state index in [4.69, 9.17) is 0 Å². The number of hydrogen-bond acceptors (Lipinski definition) is 1. The zero-order valence-electron chi connectivity index (χ0n) is 23.1. The fraction of sp³-hybridized carbons (Fsp3) is 0.875. The van der Waals surface area contributed by atoms with Crippen LogP contribution in [-0.2, 0) is 0 Å². The highest BCUT2D eigenvalue weighted by molar-refractivity contribution is 5.35. The standard InChI is InChI=1S/C32H54O/c1-9-18-32-21-16-24(23(4)12-10-11-22(2)3)31(32,8)20-15-25-26(32)13-14-27-29(5,6)28(33)17-19-30(25,27)7/h9,13,22-25,27-28,33H,1,10-12,14-21H2,2-8H3/t23-,24-,25+,27+,28+,30-,31-,32+/m1/s1. The van der Waals surface area contributed by atoms with Crippen LogP contribution >= 0.6 is 0 Å². The van der Waals surface area contributed by atoms with Gasteiger partial charge in [0.15, 0.2) is 0 Å². The largest absolute Gasteiger partial charge is 0.393 e. The summed E-state index contributed by atoms with van der Waals surface area (Å²) >= 11 is 0. The monoisotopic (exact) mass is 454 g/mol. The molecule has 0 unspecified atom stereocenters. The molecule has 0 aliphatic heterocycles. The SMILES string of the molecule is C=CC[C@@]12CC[C@H]([C@H](C)CCCC(C)C)[C@@]1(C)CC[C@H]1C2=CC[C@H]2C(C)(C)[C@@H](O)CC[C@]12C. The van der Waals surface area contributed by atoms with Crippen molar-refractivity contribution in [2.75, 3.05) is 0 Å². The first-order valence-electron chi connectivity index (χ1n) is 14.4. The van der Waals surface area contributed by atoms with Gasteiger partial charge in [-0.15, -0.1) is 6.58 Å². The first kappa shape index (κ1) is 25.5. The minimum absolute atomic E-state index is 0.0184. The Balaban J connectivity index is 1.67. The number of aliphatic hydroxyl groups is 1. The number of rotatable bonds is 7. The Morgan fingerprint density at radius 3 is 2.42 bits per heavy atom. The summed E-state index contributed by atoms with van der Waals surface area (Å²) in [4.78, 5) is 0. The summed E-state index contributed by atoms with van der Waals surface area (Å²) in [5.74, 6) is 3.80. The normalized spacial score (nSPS) is 45.1. The lowest BCUT2D eigenvalue weighted by Crippen LogP contribution is -2.58. The Hall–Kier alpha value is -0.560. The minimum atomic E-state index is -0.149. The topological polar surface area (TPSA) is 20.2 Å². The molecule has 1 heteroatoms. The van der Waals surface area contributed by atoms with Crippen molar-refractivity contribution < 1.29 is 5.11 Å². The van der Waals surface area contributed by atoms with Crippen LogP contribution in [0, 0.1) is 51.2 Å². The van der Waals surface area contributed by atoms with Crippen LogP contribution in [0.1, 0.15) is 119 Å². The first-order valence-corrected chi connectivity index (χ1v) is 14.4. The Labute approximate surface area is 205 Å². The van der Waals surface area contributed by atoms with Crippen LogP contribution in [0.3, 0.4) is 0 Å². The third kappa shape index (κ3) is 3.73. The molecule has 0 heterocycles. The summed E-state index contributed by atoms with van der Waals surface area (Å²) in [6, 6.07) is 0. The van der Waals surface area contributed by atoms with Gasteiger partial charge in [-0.25, -0.2) is 0 Å². The molecule has 188 valence electrons. The van der Waals surface area contributed by atoms with E-state index in [9.17, 15) is 5.11 Å². The van der Waals surface area contributed by atoms with E-state index in [1.165, 1.54) is 51.4 Å². The molecule has 3 fully saturated rings. The van der Waals surface area contributed by atoms with Gasteiger partial charge >= 0.3 is 0 Å². The van der Waals surface area contributed by atoms with E-state index < -0.39 is 0 Å². The summed E-state index contributed by atoms with van der Waals surface area (Å²) in [6.45, 7) is 21.6. The smallest absolute Gasteiger partial charge is 0.0594 e. The molecule has 0 aromatic rings. The van der Waals surface area contributed by atoms with Gasteiger partial charge in [0.05, 0.1) is 6.10 Å². The highest BCUT2D eigenvalue weighted by Gasteiger charge is 2.66. The summed E-state index contributed by atoms with van der Waals surface area (Å²) in [5.41, 5.74) is 2.92. The van der Waals surface area contributed by atoms with Gasteiger partial charge in [0.25, 0.3) is 0 Å². The highest BCUT2D eigenvalue weighted by atomic mass is 16.3. The van der Waals surface area contributed by atoms with Gasteiger partial charge in [0.2, 0.25) is 0 Å². The van der Waals surface area contributed by atoms with Crippen molar-refractivity contribution in [3.8, 4) is 0 Å². The van der Waals surface area contributed by atoms with Gasteiger partial charge in [-0.05, 0) is 97.2 Å². The number of aliphatic hydroxyl groups excluding tert-OH is 1. The number of fused-ring (bicyclic) bond motifs is 5. The molecule has 0 spiro atoms. The first-order chi connectivity index (χ1) is 15.4. The quantitative estimate of drug-likeness (QED) is 0.380. The molecular weight excluding hydrogens is 400 g/mol. The molecule has 4 aliphatic carbocycles.